The van der Waals surface area contributed by atoms with Crippen LogP contribution in [0.15, 0.2) is 18.2 Å². The fourth-order valence-electron chi connectivity index (χ4n) is 3.03. The van der Waals surface area contributed by atoms with Crippen LogP contribution in [0.4, 0.5) is 5.69 Å². The summed E-state index contributed by atoms with van der Waals surface area (Å²) in [7, 11) is 0. The van der Waals surface area contributed by atoms with E-state index in [-0.39, 0.29) is 12.5 Å². The molecule has 0 radical (unpaired) electrons. The van der Waals surface area contributed by atoms with E-state index >= 15 is 0 Å². The van der Waals surface area contributed by atoms with E-state index < -0.39 is 17.9 Å². The first-order valence-corrected chi connectivity index (χ1v) is 9.73. The van der Waals surface area contributed by atoms with E-state index in [1.807, 2.05) is 32.9 Å². The Bertz CT molecular complexity index is 940. The number of hydrogen-bond donors (Lipinski definition) is 2. The number of rotatable bonds is 4. The largest absolute Gasteiger partial charge is 0.478 e. The van der Waals surface area contributed by atoms with Crippen molar-refractivity contribution in [2.45, 2.75) is 40.2 Å². The van der Waals surface area contributed by atoms with Crippen LogP contribution in [0.3, 0.4) is 0 Å². The first-order valence-electron chi connectivity index (χ1n) is 8.92. The number of thiazole rings is 1. The van der Waals surface area contributed by atoms with E-state index in [1.165, 1.54) is 11.8 Å². The lowest BCUT2D eigenvalue weighted by Crippen LogP contribution is -2.52. The van der Waals surface area contributed by atoms with Crippen molar-refractivity contribution in [1.82, 2.24) is 15.8 Å². The third-order valence-corrected chi connectivity index (χ3v) is 5.17. The molecule has 2 N–H and O–H groups in total. The minimum absolute atomic E-state index is 0.232. The molecule has 1 aliphatic heterocycles. The van der Waals surface area contributed by atoms with Crippen LogP contribution >= 0.6 is 11.3 Å². The monoisotopic (exact) mass is 402 g/mol. The summed E-state index contributed by atoms with van der Waals surface area (Å²) in [5, 5.41) is 0.954. The zero-order chi connectivity index (χ0) is 20.4. The quantitative estimate of drug-likeness (QED) is 0.763. The zero-order valence-corrected chi connectivity index (χ0v) is 17.0. The molecule has 2 heterocycles. The Morgan fingerprint density at radius 2 is 2.04 bits per heavy atom. The summed E-state index contributed by atoms with van der Waals surface area (Å²) in [6.45, 7) is 6.83. The van der Waals surface area contributed by atoms with E-state index in [9.17, 15) is 14.4 Å². The summed E-state index contributed by atoms with van der Waals surface area (Å²) in [5.74, 6) is -0.661. The number of anilines is 1. The molecule has 0 saturated carbocycles. The smallest absolute Gasteiger partial charge is 0.268 e. The van der Waals surface area contributed by atoms with E-state index in [0.29, 0.717) is 17.9 Å². The van der Waals surface area contributed by atoms with Crippen molar-refractivity contribution in [3.8, 4) is 17.0 Å². The summed E-state index contributed by atoms with van der Waals surface area (Å²) in [6.07, 6.45) is -0.177. The lowest BCUT2D eigenvalue weighted by Gasteiger charge is -2.34. The van der Waals surface area contributed by atoms with Crippen molar-refractivity contribution in [3.63, 3.8) is 0 Å². The SMILES string of the molecule is CCC1Oc2ccc(-c3nc(C)sc3C)cc2N(CC(=O)NNC(C)=O)C1=O. The Balaban J connectivity index is 1.96. The molecule has 1 aromatic heterocycles. The number of aromatic nitrogens is 1. The lowest BCUT2D eigenvalue weighted by atomic mass is 10.1. The van der Waals surface area contributed by atoms with Gasteiger partial charge in [0.15, 0.2) is 6.10 Å². The molecule has 28 heavy (non-hydrogen) atoms. The number of amides is 3. The van der Waals surface area contributed by atoms with Crippen molar-refractivity contribution < 1.29 is 19.1 Å². The second-order valence-electron chi connectivity index (χ2n) is 6.49. The number of benzene rings is 1. The minimum Gasteiger partial charge on any atom is -0.478 e. The number of fused-ring (bicyclic) bond motifs is 1. The van der Waals surface area contributed by atoms with Gasteiger partial charge in [-0.3, -0.25) is 30.1 Å². The van der Waals surface area contributed by atoms with Crippen LogP contribution in [0.5, 0.6) is 5.75 Å². The standard InChI is InChI=1S/C19H22N4O4S/c1-5-15-19(26)23(9-17(25)22-21-11(3)24)14-8-13(6-7-16(14)27-15)18-10(2)28-12(4)20-18/h6-8,15H,5,9H2,1-4H3,(H,21,24)(H,22,25). The molecule has 1 aliphatic rings. The first kappa shape index (κ1) is 19.8. The minimum atomic E-state index is -0.657. The van der Waals surface area contributed by atoms with E-state index in [4.69, 9.17) is 4.74 Å². The second-order valence-corrected chi connectivity index (χ2v) is 7.90. The number of carbonyl (C=O) groups is 3. The number of ether oxygens (including phenoxy) is 1. The van der Waals surface area contributed by atoms with Gasteiger partial charge in [-0.2, -0.15) is 0 Å². The van der Waals surface area contributed by atoms with Crippen LogP contribution < -0.4 is 20.5 Å². The van der Waals surface area contributed by atoms with Gasteiger partial charge < -0.3 is 4.74 Å². The highest BCUT2D eigenvalue weighted by Crippen LogP contribution is 2.39. The Labute approximate surface area is 166 Å². The summed E-state index contributed by atoms with van der Waals surface area (Å²) in [6, 6.07) is 5.51. The first-order chi connectivity index (χ1) is 13.3. The summed E-state index contributed by atoms with van der Waals surface area (Å²) < 4.78 is 5.82. The lowest BCUT2D eigenvalue weighted by molar-refractivity contribution is -0.130. The van der Waals surface area contributed by atoms with Crippen LogP contribution in [0, 0.1) is 13.8 Å². The molecule has 0 aliphatic carbocycles. The molecule has 1 aromatic carbocycles. The molecule has 2 aromatic rings. The highest BCUT2D eigenvalue weighted by atomic mass is 32.1. The molecule has 3 rings (SSSR count). The molecular formula is C19H22N4O4S. The van der Waals surface area contributed by atoms with Gasteiger partial charge in [-0.05, 0) is 38.5 Å². The van der Waals surface area contributed by atoms with Crippen molar-refractivity contribution in [2.75, 3.05) is 11.4 Å². The fourth-order valence-corrected chi connectivity index (χ4v) is 3.87. The Kier molecular flexibility index (Phi) is 5.64. The van der Waals surface area contributed by atoms with Gasteiger partial charge in [0, 0.05) is 17.4 Å². The molecular weight excluding hydrogens is 380 g/mol. The summed E-state index contributed by atoms with van der Waals surface area (Å²) in [4.78, 5) is 43.1. The van der Waals surface area contributed by atoms with Gasteiger partial charge in [0.1, 0.15) is 12.3 Å². The van der Waals surface area contributed by atoms with Crippen LogP contribution in [0.25, 0.3) is 11.3 Å². The van der Waals surface area contributed by atoms with Crippen molar-refractivity contribution >= 4 is 34.7 Å². The number of aryl methyl sites for hydroxylation is 2. The third-order valence-electron chi connectivity index (χ3n) is 4.29. The van der Waals surface area contributed by atoms with Gasteiger partial charge in [-0.15, -0.1) is 11.3 Å². The van der Waals surface area contributed by atoms with Crippen molar-refractivity contribution in [2.24, 2.45) is 0 Å². The molecule has 0 fully saturated rings. The Hall–Kier alpha value is -2.94. The third kappa shape index (κ3) is 3.99. The number of nitrogens with zero attached hydrogens (tertiary/aromatic N) is 2. The highest BCUT2D eigenvalue weighted by molar-refractivity contribution is 7.11. The predicted octanol–water partition coefficient (Wildman–Crippen LogP) is 2.10. The zero-order valence-electron chi connectivity index (χ0n) is 16.2. The number of nitrogens with one attached hydrogen (secondary N) is 2. The summed E-state index contributed by atoms with van der Waals surface area (Å²) >= 11 is 1.60. The average molecular weight is 402 g/mol. The second kappa shape index (κ2) is 7.97. The molecule has 0 bridgehead atoms. The van der Waals surface area contributed by atoms with Gasteiger partial charge in [0.2, 0.25) is 5.91 Å². The normalized spacial score (nSPS) is 15.6. The van der Waals surface area contributed by atoms with E-state index in [1.54, 1.807) is 17.4 Å². The van der Waals surface area contributed by atoms with Crippen LogP contribution in [0.1, 0.15) is 30.2 Å². The molecule has 0 spiro atoms. The predicted molar refractivity (Wildman–Crippen MR) is 106 cm³/mol. The van der Waals surface area contributed by atoms with Crippen LogP contribution in [-0.2, 0) is 14.4 Å². The topological polar surface area (TPSA) is 101 Å². The maximum Gasteiger partial charge on any atom is 0.268 e. The van der Waals surface area contributed by atoms with Gasteiger partial charge in [-0.25, -0.2) is 4.98 Å². The van der Waals surface area contributed by atoms with Gasteiger partial charge in [0.25, 0.3) is 11.8 Å². The Morgan fingerprint density at radius 3 is 2.64 bits per heavy atom. The molecule has 0 saturated heterocycles. The molecule has 1 unspecified atom stereocenters. The Morgan fingerprint density at radius 1 is 1.29 bits per heavy atom. The molecule has 1 atom stereocenters. The summed E-state index contributed by atoms with van der Waals surface area (Å²) in [5.41, 5.74) is 6.72. The molecule has 8 nitrogen and oxygen atoms in total. The fraction of sp³-hybridized carbons (Fsp3) is 0.368. The number of hydrazine groups is 1. The number of carbonyl (C=O) groups excluding carboxylic acids is 3. The molecule has 9 heteroatoms. The average Bonchev–Trinajstić information content (AvgIpc) is 2.99. The highest BCUT2D eigenvalue weighted by Gasteiger charge is 2.34. The molecule has 148 valence electrons. The van der Waals surface area contributed by atoms with Gasteiger partial charge in [-0.1, -0.05) is 6.92 Å². The van der Waals surface area contributed by atoms with E-state index in [2.05, 4.69) is 15.8 Å². The van der Waals surface area contributed by atoms with Crippen LogP contribution in [0.2, 0.25) is 0 Å². The van der Waals surface area contributed by atoms with Crippen molar-refractivity contribution in [3.05, 3.63) is 28.1 Å². The van der Waals surface area contributed by atoms with Crippen molar-refractivity contribution in [1.29, 1.82) is 0 Å². The van der Waals surface area contributed by atoms with Gasteiger partial charge >= 0.3 is 0 Å². The van der Waals surface area contributed by atoms with E-state index in [0.717, 1.165) is 21.1 Å². The number of hydrogen-bond acceptors (Lipinski definition) is 6. The maximum absolute atomic E-state index is 12.8. The van der Waals surface area contributed by atoms with Crippen LogP contribution in [-0.4, -0.2) is 35.4 Å². The van der Waals surface area contributed by atoms with Gasteiger partial charge in [0.05, 0.1) is 16.4 Å². The molecule has 3 amide bonds. The maximum atomic E-state index is 12.8.